The van der Waals surface area contributed by atoms with Gasteiger partial charge in [0.15, 0.2) is 0 Å². The zero-order valence-electron chi connectivity index (χ0n) is 4.59. The fourth-order valence-corrected chi connectivity index (χ4v) is 0.714. The predicted molar refractivity (Wildman–Crippen MR) is 27.9 cm³/mol. The Labute approximate surface area is 43.7 Å². The van der Waals surface area contributed by atoms with Crippen LogP contribution in [0.5, 0.6) is 0 Å². The summed E-state index contributed by atoms with van der Waals surface area (Å²) in [6.45, 7) is 3.97. The van der Waals surface area contributed by atoms with Crippen molar-refractivity contribution in [2.24, 2.45) is 0 Å². The molecule has 1 N–H and O–H groups in total. The molecule has 0 aromatic heterocycles. The maximum atomic E-state index is 8.80. The highest BCUT2D eigenvalue weighted by molar-refractivity contribution is 4.67. The highest BCUT2D eigenvalue weighted by atomic mass is 16.3. The van der Waals surface area contributed by atoms with Gasteiger partial charge in [-0.2, -0.15) is 0 Å². The van der Waals surface area contributed by atoms with Crippen LogP contribution in [-0.4, -0.2) is 29.3 Å². The molecule has 1 rings (SSSR count). The zero-order valence-corrected chi connectivity index (χ0v) is 4.59. The van der Waals surface area contributed by atoms with Gasteiger partial charge in [0.25, 0.3) is 0 Å². The molecule has 0 radical (unpaired) electrons. The Morgan fingerprint density at radius 3 is 2.14 bits per heavy atom. The van der Waals surface area contributed by atoms with Crippen molar-refractivity contribution in [2.45, 2.75) is 19.6 Å². The molecule has 1 fully saturated rings. The molecule has 0 aromatic carbocycles. The number of aliphatic hydroxyl groups excluding tert-OH is 1. The fraction of sp³-hybridized carbons (Fsp3) is 1.00. The molecule has 0 amide bonds. The van der Waals surface area contributed by atoms with Gasteiger partial charge in [0.2, 0.25) is 0 Å². The molecular formula is C5H11NO. The SMILES string of the molecule is CC(O)N1CCC1. The Bertz CT molecular complexity index is 59.1. The van der Waals surface area contributed by atoms with E-state index < -0.39 is 0 Å². The average molecular weight is 101 g/mol. The second-order valence-electron chi connectivity index (χ2n) is 2.02. The largest absolute Gasteiger partial charge is 0.379 e. The van der Waals surface area contributed by atoms with Crippen LogP contribution in [0.2, 0.25) is 0 Å². The molecule has 2 heteroatoms. The van der Waals surface area contributed by atoms with Gasteiger partial charge in [-0.3, -0.25) is 4.90 Å². The van der Waals surface area contributed by atoms with Crippen molar-refractivity contribution < 1.29 is 5.11 Å². The van der Waals surface area contributed by atoms with E-state index in [1.165, 1.54) is 6.42 Å². The second-order valence-corrected chi connectivity index (χ2v) is 2.02. The number of rotatable bonds is 1. The van der Waals surface area contributed by atoms with Crippen LogP contribution in [0.15, 0.2) is 0 Å². The predicted octanol–water partition coefficient (Wildman–Crippen LogP) is 0.0304. The number of hydrogen-bond acceptors (Lipinski definition) is 2. The molecule has 0 spiro atoms. The van der Waals surface area contributed by atoms with Gasteiger partial charge in [-0.1, -0.05) is 0 Å². The lowest BCUT2D eigenvalue weighted by molar-refractivity contribution is -0.0205. The summed E-state index contributed by atoms with van der Waals surface area (Å²) in [4.78, 5) is 2.03. The first-order chi connectivity index (χ1) is 3.30. The van der Waals surface area contributed by atoms with Crippen LogP contribution in [0, 0.1) is 0 Å². The van der Waals surface area contributed by atoms with Gasteiger partial charge in [0, 0.05) is 13.1 Å². The van der Waals surface area contributed by atoms with Crippen LogP contribution in [-0.2, 0) is 0 Å². The number of hydrogen-bond donors (Lipinski definition) is 1. The molecule has 1 unspecified atom stereocenters. The van der Waals surface area contributed by atoms with Gasteiger partial charge >= 0.3 is 0 Å². The van der Waals surface area contributed by atoms with Gasteiger partial charge in [-0.15, -0.1) is 0 Å². The lowest BCUT2D eigenvalue weighted by atomic mass is 10.2. The van der Waals surface area contributed by atoms with Crippen molar-refractivity contribution in [2.75, 3.05) is 13.1 Å². The van der Waals surface area contributed by atoms with Crippen LogP contribution in [0.1, 0.15) is 13.3 Å². The Morgan fingerprint density at radius 2 is 2.14 bits per heavy atom. The third-order valence-corrected chi connectivity index (χ3v) is 1.42. The first kappa shape index (κ1) is 5.06. The molecule has 1 atom stereocenters. The molecule has 0 aliphatic carbocycles. The summed E-state index contributed by atoms with van der Waals surface area (Å²) < 4.78 is 0. The number of aliphatic hydroxyl groups is 1. The quantitative estimate of drug-likeness (QED) is 0.503. The standard InChI is InChI=1S/C5H11NO/c1-5(7)6-3-2-4-6/h5,7H,2-4H2,1H3. The zero-order chi connectivity index (χ0) is 5.28. The van der Waals surface area contributed by atoms with E-state index in [0.29, 0.717) is 0 Å². The van der Waals surface area contributed by atoms with Crippen LogP contribution in [0.3, 0.4) is 0 Å². The Kier molecular flexibility index (Phi) is 1.30. The highest BCUT2D eigenvalue weighted by Crippen LogP contribution is 2.07. The van der Waals surface area contributed by atoms with Crippen LogP contribution in [0.4, 0.5) is 0 Å². The van der Waals surface area contributed by atoms with Crippen LogP contribution >= 0.6 is 0 Å². The number of nitrogens with zero attached hydrogens (tertiary/aromatic N) is 1. The molecule has 1 saturated heterocycles. The molecular weight excluding hydrogens is 90.1 g/mol. The molecule has 2 nitrogen and oxygen atoms in total. The fourth-order valence-electron chi connectivity index (χ4n) is 0.714. The lowest BCUT2D eigenvalue weighted by Gasteiger charge is -2.32. The molecule has 0 saturated carbocycles. The summed E-state index contributed by atoms with van der Waals surface area (Å²) in [6, 6.07) is 0. The van der Waals surface area contributed by atoms with Crippen molar-refractivity contribution in [3.8, 4) is 0 Å². The minimum Gasteiger partial charge on any atom is -0.379 e. The van der Waals surface area contributed by atoms with Gasteiger partial charge in [-0.25, -0.2) is 0 Å². The monoisotopic (exact) mass is 101 g/mol. The molecule has 1 aliphatic rings. The summed E-state index contributed by atoms with van der Waals surface area (Å²) in [5.41, 5.74) is 0. The average Bonchev–Trinajstić information content (AvgIpc) is 1.23. The molecule has 0 aromatic rings. The van der Waals surface area contributed by atoms with Gasteiger partial charge in [0.05, 0.1) is 0 Å². The van der Waals surface area contributed by atoms with E-state index in [1.807, 2.05) is 4.90 Å². The van der Waals surface area contributed by atoms with Crippen molar-refractivity contribution in [3.05, 3.63) is 0 Å². The van der Waals surface area contributed by atoms with E-state index in [0.717, 1.165) is 13.1 Å². The maximum absolute atomic E-state index is 8.80. The van der Waals surface area contributed by atoms with E-state index in [4.69, 9.17) is 5.11 Å². The van der Waals surface area contributed by atoms with Crippen molar-refractivity contribution >= 4 is 0 Å². The van der Waals surface area contributed by atoms with Crippen LogP contribution < -0.4 is 0 Å². The topological polar surface area (TPSA) is 23.5 Å². The van der Waals surface area contributed by atoms with Crippen molar-refractivity contribution in [1.82, 2.24) is 4.90 Å². The molecule has 1 heterocycles. The van der Waals surface area contributed by atoms with Crippen molar-refractivity contribution in [3.63, 3.8) is 0 Å². The Hall–Kier alpha value is -0.0800. The lowest BCUT2D eigenvalue weighted by Crippen LogP contribution is -2.43. The van der Waals surface area contributed by atoms with E-state index in [2.05, 4.69) is 0 Å². The Balaban J connectivity index is 2.14. The minimum atomic E-state index is -0.214. The van der Waals surface area contributed by atoms with E-state index in [-0.39, 0.29) is 6.23 Å². The smallest absolute Gasteiger partial charge is 0.104 e. The van der Waals surface area contributed by atoms with Crippen molar-refractivity contribution in [1.29, 1.82) is 0 Å². The number of likely N-dealkylation sites (tertiary alicyclic amines) is 1. The Morgan fingerprint density at radius 1 is 1.57 bits per heavy atom. The van der Waals surface area contributed by atoms with Gasteiger partial charge in [-0.05, 0) is 13.3 Å². The normalized spacial score (nSPS) is 26.6. The van der Waals surface area contributed by atoms with Gasteiger partial charge in [0.1, 0.15) is 6.23 Å². The molecule has 42 valence electrons. The first-order valence-corrected chi connectivity index (χ1v) is 2.73. The van der Waals surface area contributed by atoms with E-state index >= 15 is 0 Å². The summed E-state index contributed by atoms with van der Waals surface area (Å²) in [5.74, 6) is 0. The van der Waals surface area contributed by atoms with Crippen LogP contribution in [0.25, 0.3) is 0 Å². The third kappa shape index (κ3) is 0.924. The second kappa shape index (κ2) is 1.80. The summed E-state index contributed by atoms with van der Waals surface area (Å²) in [7, 11) is 0. The molecule has 1 aliphatic heterocycles. The van der Waals surface area contributed by atoms with E-state index in [9.17, 15) is 0 Å². The van der Waals surface area contributed by atoms with Gasteiger partial charge < -0.3 is 5.11 Å². The highest BCUT2D eigenvalue weighted by Gasteiger charge is 2.16. The minimum absolute atomic E-state index is 0.214. The first-order valence-electron chi connectivity index (χ1n) is 2.73. The molecule has 7 heavy (non-hydrogen) atoms. The summed E-state index contributed by atoms with van der Waals surface area (Å²) >= 11 is 0. The third-order valence-electron chi connectivity index (χ3n) is 1.42. The van der Waals surface area contributed by atoms with E-state index in [1.54, 1.807) is 6.92 Å². The summed E-state index contributed by atoms with van der Waals surface area (Å²) in [5, 5.41) is 8.80. The molecule has 0 bridgehead atoms. The summed E-state index contributed by atoms with van der Waals surface area (Å²) in [6.07, 6.45) is 1.04. The maximum Gasteiger partial charge on any atom is 0.104 e.